The van der Waals surface area contributed by atoms with Crippen molar-refractivity contribution < 1.29 is 9.84 Å². The molecule has 0 aliphatic heterocycles. The van der Waals surface area contributed by atoms with E-state index in [1.54, 1.807) is 30.5 Å². The predicted octanol–water partition coefficient (Wildman–Crippen LogP) is 0.804. The van der Waals surface area contributed by atoms with Crippen LogP contribution in [-0.4, -0.2) is 30.1 Å². The molecule has 18 heavy (non-hydrogen) atoms. The number of benzene rings is 1. The molecule has 2 heterocycles. The molecular formula is C11H9N5O2. The van der Waals surface area contributed by atoms with Crippen LogP contribution in [0, 0.1) is 0 Å². The molecule has 0 bridgehead atoms. The summed E-state index contributed by atoms with van der Waals surface area (Å²) in [7, 11) is 0. The Balaban J connectivity index is 1.93. The van der Waals surface area contributed by atoms with Crippen molar-refractivity contribution in [1.29, 1.82) is 0 Å². The zero-order chi connectivity index (χ0) is 12.4. The van der Waals surface area contributed by atoms with Gasteiger partial charge in [0.15, 0.2) is 0 Å². The quantitative estimate of drug-likeness (QED) is 0.732. The fourth-order valence-corrected chi connectivity index (χ4v) is 1.51. The van der Waals surface area contributed by atoms with Gasteiger partial charge in [-0.15, -0.1) is 5.10 Å². The van der Waals surface area contributed by atoms with E-state index >= 15 is 0 Å². The van der Waals surface area contributed by atoms with Gasteiger partial charge in [0.05, 0.1) is 19.0 Å². The minimum Gasteiger partial charge on any atom is -0.437 e. The number of aromatic nitrogens is 5. The van der Waals surface area contributed by atoms with Crippen LogP contribution >= 0.6 is 0 Å². The van der Waals surface area contributed by atoms with Crippen LogP contribution in [0.1, 0.15) is 5.56 Å². The van der Waals surface area contributed by atoms with Gasteiger partial charge < -0.3 is 9.84 Å². The van der Waals surface area contributed by atoms with Crippen LogP contribution in [0.2, 0.25) is 0 Å². The first kappa shape index (κ1) is 10.6. The van der Waals surface area contributed by atoms with E-state index in [2.05, 4.69) is 20.5 Å². The molecule has 2 aromatic heterocycles. The summed E-state index contributed by atoms with van der Waals surface area (Å²) >= 11 is 0. The monoisotopic (exact) mass is 243 g/mol. The van der Waals surface area contributed by atoms with Crippen LogP contribution in [0.25, 0.3) is 5.65 Å². The van der Waals surface area contributed by atoms with Crippen molar-refractivity contribution in [2.24, 2.45) is 0 Å². The van der Waals surface area contributed by atoms with Gasteiger partial charge in [-0.3, -0.25) is 4.98 Å². The van der Waals surface area contributed by atoms with Crippen molar-refractivity contribution in [2.45, 2.75) is 6.61 Å². The average molecular weight is 243 g/mol. The number of aliphatic hydroxyl groups is 1. The molecule has 7 heteroatoms. The number of ether oxygens (including phenoxy) is 1. The molecule has 0 fully saturated rings. The van der Waals surface area contributed by atoms with Crippen molar-refractivity contribution >= 4 is 5.65 Å². The van der Waals surface area contributed by atoms with Gasteiger partial charge in [-0.2, -0.15) is 4.52 Å². The van der Waals surface area contributed by atoms with E-state index in [1.165, 1.54) is 10.7 Å². The van der Waals surface area contributed by atoms with E-state index in [4.69, 9.17) is 9.84 Å². The zero-order valence-electron chi connectivity index (χ0n) is 9.26. The number of aliphatic hydroxyl groups excluding tert-OH is 1. The van der Waals surface area contributed by atoms with E-state index in [0.29, 0.717) is 17.3 Å². The average Bonchev–Trinajstić information content (AvgIpc) is 2.89. The summed E-state index contributed by atoms with van der Waals surface area (Å²) in [6.45, 7) is 0.00438. The lowest BCUT2D eigenvalue weighted by Gasteiger charge is -2.06. The topological polar surface area (TPSA) is 85.4 Å². The van der Waals surface area contributed by atoms with Gasteiger partial charge in [0, 0.05) is 0 Å². The third-order valence-corrected chi connectivity index (χ3v) is 2.41. The van der Waals surface area contributed by atoms with Gasteiger partial charge in [-0.25, -0.2) is 0 Å². The summed E-state index contributed by atoms with van der Waals surface area (Å²) in [5.74, 6) is 1.05. The highest BCUT2D eigenvalue weighted by Gasteiger charge is 2.06. The smallest absolute Gasteiger partial charge is 0.242 e. The molecule has 0 atom stereocenters. The number of fused-ring (bicyclic) bond motifs is 1. The summed E-state index contributed by atoms with van der Waals surface area (Å²) in [6, 6.07) is 7.08. The zero-order valence-corrected chi connectivity index (χ0v) is 9.26. The molecule has 0 amide bonds. The van der Waals surface area contributed by atoms with Crippen molar-refractivity contribution in [1.82, 2.24) is 25.0 Å². The van der Waals surface area contributed by atoms with Gasteiger partial charge in [0.1, 0.15) is 5.75 Å². The van der Waals surface area contributed by atoms with Crippen LogP contribution in [0.15, 0.2) is 36.7 Å². The van der Waals surface area contributed by atoms with Crippen LogP contribution in [0.4, 0.5) is 0 Å². The van der Waals surface area contributed by atoms with Gasteiger partial charge in [0.2, 0.25) is 11.5 Å². The van der Waals surface area contributed by atoms with Crippen molar-refractivity contribution in [3.05, 3.63) is 42.2 Å². The molecule has 7 nitrogen and oxygen atoms in total. The SMILES string of the molecule is OCc1ccc(Oc2cncc3nnnn23)cc1. The number of nitrogens with zero attached hydrogens (tertiary/aromatic N) is 5. The lowest BCUT2D eigenvalue weighted by molar-refractivity contribution is 0.281. The van der Waals surface area contributed by atoms with Crippen LogP contribution in [0.5, 0.6) is 11.6 Å². The Bertz CT molecular complexity index is 665. The minimum atomic E-state index is 0.00438. The van der Waals surface area contributed by atoms with Gasteiger partial charge in [0.25, 0.3) is 0 Å². The molecule has 1 aromatic carbocycles. The van der Waals surface area contributed by atoms with Crippen LogP contribution in [0.3, 0.4) is 0 Å². The summed E-state index contributed by atoms with van der Waals surface area (Å²) in [4.78, 5) is 3.99. The molecular weight excluding hydrogens is 234 g/mol. The largest absolute Gasteiger partial charge is 0.437 e. The fraction of sp³-hybridized carbons (Fsp3) is 0.0909. The summed E-state index contributed by atoms with van der Waals surface area (Å²) < 4.78 is 7.08. The van der Waals surface area contributed by atoms with Crippen molar-refractivity contribution in [2.75, 3.05) is 0 Å². The lowest BCUT2D eigenvalue weighted by atomic mass is 10.2. The normalized spacial score (nSPS) is 10.7. The molecule has 0 saturated heterocycles. The molecule has 0 spiro atoms. The molecule has 3 rings (SSSR count). The Morgan fingerprint density at radius 2 is 2.00 bits per heavy atom. The molecule has 0 aliphatic rings. The van der Waals surface area contributed by atoms with E-state index in [0.717, 1.165) is 5.56 Å². The molecule has 3 aromatic rings. The summed E-state index contributed by atoms with van der Waals surface area (Å²) in [5.41, 5.74) is 1.33. The van der Waals surface area contributed by atoms with Crippen LogP contribution < -0.4 is 4.74 Å². The van der Waals surface area contributed by atoms with Crippen LogP contribution in [-0.2, 0) is 6.61 Å². The van der Waals surface area contributed by atoms with Gasteiger partial charge in [-0.05, 0) is 28.1 Å². The summed E-state index contributed by atoms with van der Waals surface area (Å²) in [5, 5.41) is 20.1. The Morgan fingerprint density at radius 1 is 1.17 bits per heavy atom. The second kappa shape index (κ2) is 4.38. The molecule has 0 radical (unpaired) electrons. The predicted molar refractivity (Wildman–Crippen MR) is 61.0 cm³/mol. The Hall–Kier alpha value is -2.54. The maximum atomic E-state index is 8.95. The molecule has 90 valence electrons. The maximum Gasteiger partial charge on any atom is 0.242 e. The number of hydrogen-bond acceptors (Lipinski definition) is 6. The Morgan fingerprint density at radius 3 is 2.78 bits per heavy atom. The first-order valence-electron chi connectivity index (χ1n) is 5.26. The maximum absolute atomic E-state index is 8.95. The molecule has 0 unspecified atom stereocenters. The minimum absolute atomic E-state index is 0.00438. The van der Waals surface area contributed by atoms with Gasteiger partial charge in [-0.1, -0.05) is 12.1 Å². The first-order valence-corrected chi connectivity index (χ1v) is 5.26. The molecule has 0 saturated carbocycles. The highest BCUT2D eigenvalue weighted by molar-refractivity contribution is 5.36. The first-order chi connectivity index (χ1) is 8.86. The van der Waals surface area contributed by atoms with Gasteiger partial charge >= 0.3 is 0 Å². The van der Waals surface area contributed by atoms with E-state index in [-0.39, 0.29) is 6.61 Å². The Kier molecular flexibility index (Phi) is 2.58. The summed E-state index contributed by atoms with van der Waals surface area (Å²) in [6.07, 6.45) is 3.07. The van der Waals surface area contributed by atoms with E-state index in [1.807, 2.05) is 0 Å². The van der Waals surface area contributed by atoms with E-state index in [9.17, 15) is 0 Å². The highest BCUT2D eigenvalue weighted by atomic mass is 16.5. The number of tetrazole rings is 1. The third-order valence-electron chi connectivity index (χ3n) is 2.41. The fourth-order valence-electron chi connectivity index (χ4n) is 1.51. The standard InChI is InChI=1S/C11H9N5O2/c17-7-8-1-3-9(4-2-8)18-11-6-12-5-10-13-14-15-16(10)11/h1-6,17H,7H2. The molecule has 1 N–H and O–H groups in total. The highest BCUT2D eigenvalue weighted by Crippen LogP contribution is 2.20. The van der Waals surface area contributed by atoms with Crippen molar-refractivity contribution in [3.63, 3.8) is 0 Å². The second-order valence-electron chi connectivity index (χ2n) is 3.60. The van der Waals surface area contributed by atoms with Crippen molar-refractivity contribution in [3.8, 4) is 11.6 Å². The number of rotatable bonds is 3. The number of hydrogen-bond donors (Lipinski definition) is 1. The van der Waals surface area contributed by atoms with E-state index < -0.39 is 0 Å². The lowest BCUT2D eigenvalue weighted by Crippen LogP contribution is -1.96. The second-order valence-corrected chi connectivity index (χ2v) is 3.60. The molecule has 0 aliphatic carbocycles. The Labute approximate surface area is 102 Å². The third kappa shape index (κ3) is 1.87.